The van der Waals surface area contributed by atoms with Crippen molar-refractivity contribution in [3.05, 3.63) is 70.8 Å². The number of carbonyl (C=O) groups is 3. The lowest BCUT2D eigenvalue weighted by Gasteiger charge is -2.34. The molecule has 0 saturated heterocycles. The van der Waals surface area contributed by atoms with Crippen molar-refractivity contribution in [2.24, 2.45) is 0 Å². The minimum atomic E-state index is -1.96. The van der Waals surface area contributed by atoms with Crippen LogP contribution < -0.4 is 10.8 Å². The number of hydrogen-bond acceptors (Lipinski definition) is 6. The van der Waals surface area contributed by atoms with Crippen LogP contribution in [0.5, 0.6) is 0 Å². The average Bonchev–Trinajstić information content (AvgIpc) is 2.85. The van der Waals surface area contributed by atoms with E-state index in [2.05, 4.69) is 17.2 Å². The fraction of sp³-hybridized carbons (Fsp3) is 0.292. The molecule has 0 radical (unpaired) electrons. The molecule has 9 nitrogen and oxygen atoms in total. The van der Waals surface area contributed by atoms with Crippen molar-refractivity contribution in [1.82, 2.24) is 15.7 Å². The van der Waals surface area contributed by atoms with Gasteiger partial charge in [0.25, 0.3) is 17.7 Å². The Labute approximate surface area is 192 Å². The summed E-state index contributed by atoms with van der Waals surface area (Å²) >= 11 is 0. The molecule has 0 heterocycles. The maximum Gasteiger partial charge on any atom is 0.278 e. The molecular formula is C24H27N3O6. The van der Waals surface area contributed by atoms with Gasteiger partial charge < -0.3 is 20.1 Å². The molecule has 1 unspecified atom stereocenters. The van der Waals surface area contributed by atoms with Gasteiger partial charge in [-0.3, -0.25) is 19.6 Å². The maximum atomic E-state index is 12.9. The first kappa shape index (κ1) is 25.5. The van der Waals surface area contributed by atoms with E-state index < -0.39 is 29.4 Å². The highest BCUT2D eigenvalue weighted by molar-refractivity contribution is 6.12. The van der Waals surface area contributed by atoms with Gasteiger partial charge in [0, 0.05) is 37.9 Å². The van der Waals surface area contributed by atoms with Gasteiger partial charge in [-0.1, -0.05) is 24.0 Å². The fourth-order valence-corrected chi connectivity index (χ4v) is 3.04. The molecule has 0 aliphatic carbocycles. The Bertz CT molecular complexity index is 1040. The van der Waals surface area contributed by atoms with Crippen molar-refractivity contribution in [3.63, 3.8) is 0 Å². The molecule has 33 heavy (non-hydrogen) atoms. The quantitative estimate of drug-likeness (QED) is 0.213. The van der Waals surface area contributed by atoms with E-state index in [1.807, 2.05) is 0 Å². The standard InChI is InChI=1S/C24H27N3O6/c1-24(22(30)25-2,23(31)26-32)27(3)21(29)19-13-9-17(10-14-19)6-5-16-7-11-18(12-8-16)20(28)15-33-4/h7-14,20,28,32H,15H2,1-4H3,(H,25,30)(H,26,31)/t20-,24?/m1/s1. The number of hydrogen-bond donors (Lipinski definition) is 4. The van der Waals surface area contributed by atoms with Gasteiger partial charge in [-0.25, -0.2) is 5.48 Å². The SMILES string of the molecule is CNC(=O)C(C)(C(=O)NO)N(C)C(=O)c1ccc(C#Cc2ccc([C@H](O)COC)cc2)cc1. The van der Waals surface area contributed by atoms with Gasteiger partial charge in [-0.2, -0.15) is 0 Å². The number of aliphatic hydroxyl groups excluding tert-OH is 1. The molecule has 0 aliphatic rings. The number of rotatable bonds is 7. The number of carbonyl (C=O) groups excluding carboxylic acids is 3. The molecule has 0 fully saturated rings. The number of nitrogens with one attached hydrogen (secondary N) is 2. The smallest absolute Gasteiger partial charge is 0.278 e. The number of amides is 3. The lowest BCUT2D eigenvalue weighted by atomic mass is 9.96. The molecule has 4 N–H and O–H groups in total. The number of methoxy groups -OCH3 is 1. The van der Waals surface area contributed by atoms with E-state index in [4.69, 9.17) is 9.94 Å². The van der Waals surface area contributed by atoms with Crippen LogP contribution in [-0.2, 0) is 14.3 Å². The highest BCUT2D eigenvalue weighted by atomic mass is 16.5. The van der Waals surface area contributed by atoms with E-state index >= 15 is 0 Å². The van der Waals surface area contributed by atoms with E-state index in [1.165, 1.54) is 45.7 Å². The number of aliphatic hydroxyl groups is 1. The minimum Gasteiger partial charge on any atom is -0.386 e. The Morgan fingerprint density at radius 2 is 1.55 bits per heavy atom. The van der Waals surface area contributed by atoms with E-state index in [9.17, 15) is 19.5 Å². The third kappa shape index (κ3) is 5.75. The van der Waals surface area contributed by atoms with Gasteiger partial charge in [0.05, 0.1) is 6.61 Å². The summed E-state index contributed by atoms with van der Waals surface area (Å²) in [6.45, 7) is 1.44. The third-order valence-corrected chi connectivity index (χ3v) is 5.29. The van der Waals surface area contributed by atoms with Crippen LogP contribution in [0.2, 0.25) is 0 Å². The Morgan fingerprint density at radius 3 is 2.00 bits per heavy atom. The summed E-state index contributed by atoms with van der Waals surface area (Å²) in [6.07, 6.45) is -0.700. The number of hydroxylamine groups is 1. The second kappa shape index (κ2) is 11.2. The van der Waals surface area contributed by atoms with Crippen LogP contribution in [0.3, 0.4) is 0 Å². The van der Waals surface area contributed by atoms with Crippen molar-refractivity contribution >= 4 is 17.7 Å². The summed E-state index contributed by atoms with van der Waals surface area (Å²) in [5, 5.41) is 21.3. The van der Waals surface area contributed by atoms with Crippen molar-refractivity contribution in [2.45, 2.75) is 18.6 Å². The number of benzene rings is 2. The molecule has 0 spiro atoms. The van der Waals surface area contributed by atoms with Gasteiger partial charge in [0.1, 0.15) is 6.10 Å². The predicted octanol–water partition coefficient (Wildman–Crippen LogP) is 0.848. The molecule has 3 amide bonds. The zero-order valence-electron chi connectivity index (χ0n) is 18.9. The summed E-state index contributed by atoms with van der Waals surface area (Å²) in [7, 11) is 4.15. The molecule has 2 rings (SSSR count). The molecule has 2 aromatic carbocycles. The number of likely N-dealkylation sites (N-methyl/N-ethyl adjacent to an activating group) is 2. The first-order chi connectivity index (χ1) is 15.7. The zero-order chi connectivity index (χ0) is 24.6. The van der Waals surface area contributed by atoms with Crippen molar-refractivity contribution in [2.75, 3.05) is 27.8 Å². The molecule has 0 saturated carbocycles. The summed E-state index contributed by atoms with van der Waals surface area (Å²) in [6, 6.07) is 13.5. The minimum absolute atomic E-state index is 0.207. The van der Waals surface area contributed by atoms with Gasteiger partial charge in [0.15, 0.2) is 5.54 Å². The molecule has 0 aromatic heterocycles. The van der Waals surface area contributed by atoms with Crippen LogP contribution >= 0.6 is 0 Å². The molecule has 2 aromatic rings. The largest absolute Gasteiger partial charge is 0.386 e. The number of ether oxygens (including phenoxy) is 1. The Hall–Kier alpha value is -3.71. The van der Waals surface area contributed by atoms with Crippen LogP contribution in [0.1, 0.15) is 40.1 Å². The normalized spacial score (nSPS) is 13.0. The summed E-state index contributed by atoms with van der Waals surface area (Å²) < 4.78 is 4.93. The molecule has 0 aliphatic heterocycles. The molecule has 2 atom stereocenters. The average molecular weight is 453 g/mol. The van der Waals surface area contributed by atoms with Gasteiger partial charge in [-0.05, 0) is 48.9 Å². The highest BCUT2D eigenvalue weighted by Crippen LogP contribution is 2.18. The van der Waals surface area contributed by atoms with Gasteiger partial charge in [-0.15, -0.1) is 0 Å². The maximum absolute atomic E-state index is 12.9. The monoisotopic (exact) mass is 453 g/mol. The molecular weight excluding hydrogens is 426 g/mol. The summed E-state index contributed by atoms with van der Waals surface area (Å²) in [5.74, 6) is 3.61. The van der Waals surface area contributed by atoms with Crippen molar-refractivity contribution < 1.29 is 29.4 Å². The van der Waals surface area contributed by atoms with Gasteiger partial charge >= 0.3 is 0 Å². The topological polar surface area (TPSA) is 128 Å². The third-order valence-electron chi connectivity index (χ3n) is 5.29. The fourth-order valence-electron chi connectivity index (χ4n) is 3.04. The highest BCUT2D eigenvalue weighted by Gasteiger charge is 2.47. The van der Waals surface area contributed by atoms with Crippen molar-refractivity contribution in [1.29, 1.82) is 0 Å². The van der Waals surface area contributed by atoms with E-state index in [0.29, 0.717) is 5.56 Å². The van der Waals surface area contributed by atoms with E-state index in [0.717, 1.165) is 16.0 Å². The molecule has 0 bridgehead atoms. The lowest BCUT2D eigenvalue weighted by Crippen LogP contribution is -2.64. The summed E-state index contributed by atoms with van der Waals surface area (Å²) in [4.78, 5) is 38.2. The van der Waals surface area contributed by atoms with E-state index in [-0.39, 0.29) is 12.2 Å². The van der Waals surface area contributed by atoms with Crippen LogP contribution in [0.15, 0.2) is 48.5 Å². The zero-order valence-corrected chi connectivity index (χ0v) is 18.9. The molecule has 174 valence electrons. The second-order valence-corrected chi connectivity index (χ2v) is 7.38. The van der Waals surface area contributed by atoms with Crippen LogP contribution in [0.25, 0.3) is 0 Å². The Kier molecular flexibility index (Phi) is 8.70. The van der Waals surface area contributed by atoms with Crippen LogP contribution in [0.4, 0.5) is 0 Å². The number of nitrogens with zero attached hydrogens (tertiary/aromatic N) is 1. The predicted molar refractivity (Wildman–Crippen MR) is 120 cm³/mol. The first-order valence-corrected chi connectivity index (χ1v) is 10.0. The van der Waals surface area contributed by atoms with Crippen molar-refractivity contribution in [3.8, 4) is 11.8 Å². The van der Waals surface area contributed by atoms with Crippen LogP contribution in [0, 0.1) is 11.8 Å². The Morgan fingerprint density at radius 1 is 1.03 bits per heavy atom. The lowest BCUT2D eigenvalue weighted by molar-refractivity contribution is -0.148. The van der Waals surface area contributed by atoms with E-state index in [1.54, 1.807) is 36.4 Å². The Balaban J connectivity index is 2.18. The second-order valence-electron chi connectivity index (χ2n) is 7.38. The van der Waals surface area contributed by atoms with Crippen LogP contribution in [-0.4, -0.2) is 66.3 Å². The first-order valence-electron chi connectivity index (χ1n) is 10.0. The molecule has 9 heteroatoms. The van der Waals surface area contributed by atoms with Gasteiger partial charge in [0.2, 0.25) is 0 Å². The summed E-state index contributed by atoms with van der Waals surface area (Å²) in [5.41, 5.74) is 1.85.